The lowest BCUT2D eigenvalue weighted by Crippen LogP contribution is -2.58. The molecule has 11 heteroatoms. The predicted octanol–water partition coefficient (Wildman–Crippen LogP) is 3.58. The first-order valence-electron chi connectivity index (χ1n) is 10.8. The van der Waals surface area contributed by atoms with Gasteiger partial charge in [0, 0.05) is 48.7 Å². The molecule has 0 aliphatic carbocycles. The molecule has 1 aromatic heterocycles. The molecule has 1 atom stereocenters. The summed E-state index contributed by atoms with van der Waals surface area (Å²) in [7, 11) is -3.74. The molecule has 2 aromatic carbocycles. The maximum Gasteiger partial charge on any atom is 0.328 e. The van der Waals surface area contributed by atoms with Crippen LogP contribution >= 0.6 is 24.0 Å². The van der Waals surface area contributed by atoms with Gasteiger partial charge in [-0.05, 0) is 54.1 Å². The lowest BCUT2D eigenvalue weighted by Gasteiger charge is -2.40. The first kappa shape index (κ1) is 26.7. The Bertz CT molecular complexity index is 1370. The number of aliphatic carboxylic acids is 1. The minimum atomic E-state index is -3.74. The standard InChI is InChI=1S/C24H24ClN3O5S.ClH/c1-16-12-20(6-8-26-16)27-9-10-28(22(15-27)24(30)31)23(29)7-11-34(32,33)21-5-3-17-13-19(25)4-2-18(17)14-21;/h2-6,8,12-14,22H,7,9-11,15H2,1H3,(H,30,31);1H. The molecular formula is C24H25Cl2N3O5S. The van der Waals surface area contributed by atoms with Crippen molar-refractivity contribution in [3.63, 3.8) is 0 Å². The van der Waals surface area contributed by atoms with Crippen LogP contribution in [0, 0.1) is 6.92 Å². The zero-order chi connectivity index (χ0) is 24.5. The van der Waals surface area contributed by atoms with E-state index in [4.69, 9.17) is 11.6 Å². The number of sulfone groups is 1. The molecule has 186 valence electrons. The molecule has 0 radical (unpaired) electrons. The van der Waals surface area contributed by atoms with Crippen LogP contribution in [0.3, 0.4) is 0 Å². The number of aromatic nitrogens is 1. The average Bonchev–Trinajstić information content (AvgIpc) is 2.81. The molecule has 1 aliphatic heterocycles. The van der Waals surface area contributed by atoms with Crippen molar-refractivity contribution >= 4 is 62.2 Å². The number of fused-ring (bicyclic) bond motifs is 1. The number of pyridine rings is 1. The molecule has 1 fully saturated rings. The lowest BCUT2D eigenvalue weighted by atomic mass is 10.1. The van der Waals surface area contributed by atoms with Gasteiger partial charge in [-0.1, -0.05) is 23.7 Å². The van der Waals surface area contributed by atoms with Crippen LogP contribution in [0.1, 0.15) is 12.1 Å². The van der Waals surface area contributed by atoms with Gasteiger partial charge in [-0.15, -0.1) is 12.4 Å². The molecule has 2 heterocycles. The van der Waals surface area contributed by atoms with Crippen molar-refractivity contribution in [2.24, 2.45) is 0 Å². The number of nitrogens with zero attached hydrogens (tertiary/aromatic N) is 3. The third kappa shape index (κ3) is 6.04. The van der Waals surface area contributed by atoms with Crippen molar-refractivity contribution < 1.29 is 23.1 Å². The normalized spacial score (nSPS) is 16.1. The van der Waals surface area contributed by atoms with Crippen molar-refractivity contribution in [1.82, 2.24) is 9.88 Å². The zero-order valence-corrected chi connectivity index (χ0v) is 21.3. The topological polar surface area (TPSA) is 108 Å². The number of rotatable bonds is 6. The van der Waals surface area contributed by atoms with Crippen molar-refractivity contribution in [1.29, 1.82) is 0 Å². The molecule has 1 amide bonds. The number of carbonyl (C=O) groups excluding carboxylic acids is 1. The molecule has 1 N–H and O–H groups in total. The summed E-state index contributed by atoms with van der Waals surface area (Å²) in [6.07, 6.45) is 1.36. The van der Waals surface area contributed by atoms with Gasteiger partial charge in [0.05, 0.1) is 10.6 Å². The number of carboxylic acids is 1. The van der Waals surface area contributed by atoms with E-state index < -0.39 is 33.5 Å². The van der Waals surface area contributed by atoms with Gasteiger partial charge in [-0.2, -0.15) is 0 Å². The Labute approximate surface area is 214 Å². The SMILES string of the molecule is Cc1cc(N2CCN(C(=O)CCS(=O)(=O)c3ccc4cc(Cl)ccc4c3)C(C(=O)O)C2)ccn1.Cl. The van der Waals surface area contributed by atoms with Gasteiger partial charge in [0.15, 0.2) is 9.84 Å². The first-order chi connectivity index (χ1) is 16.1. The van der Waals surface area contributed by atoms with E-state index in [0.717, 1.165) is 22.2 Å². The molecule has 4 rings (SSSR count). The smallest absolute Gasteiger partial charge is 0.328 e. The second-order valence-electron chi connectivity index (χ2n) is 8.26. The largest absolute Gasteiger partial charge is 0.480 e. The Kier molecular flexibility index (Phi) is 8.25. The third-order valence-electron chi connectivity index (χ3n) is 5.95. The van der Waals surface area contributed by atoms with Crippen LogP contribution in [0.15, 0.2) is 59.6 Å². The summed E-state index contributed by atoms with van der Waals surface area (Å²) in [5.41, 5.74) is 1.65. The Morgan fingerprint density at radius 3 is 2.51 bits per heavy atom. The number of benzene rings is 2. The van der Waals surface area contributed by atoms with Gasteiger partial charge in [0.25, 0.3) is 0 Å². The highest BCUT2D eigenvalue weighted by Crippen LogP contribution is 2.24. The van der Waals surface area contributed by atoms with E-state index in [0.29, 0.717) is 11.6 Å². The molecule has 8 nitrogen and oxygen atoms in total. The molecule has 3 aromatic rings. The van der Waals surface area contributed by atoms with Crippen LogP contribution in [0.4, 0.5) is 5.69 Å². The van der Waals surface area contributed by atoms with E-state index in [1.165, 1.54) is 11.0 Å². The zero-order valence-electron chi connectivity index (χ0n) is 18.9. The quantitative estimate of drug-likeness (QED) is 0.511. The highest BCUT2D eigenvalue weighted by molar-refractivity contribution is 7.91. The number of amides is 1. The summed E-state index contributed by atoms with van der Waals surface area (Å²) in [6.45, 7) is 2.60. The van der Waals surface area contributed by atoms with Gasteiger partial charge in [-0.25, -0.2) is 13.2 Å². The minimum Gasteiger partial charge on any atom is -0.480 e. The number of piperazine rings is 1. The van der Waals surface area contributed by atoms with Crippen LogP contribution in [0.5, 0.6) is 0 Å². The van der Waals surface area contributed by atoms with Crippen molar-refractivity contribution in [3.8, 4) is 0 Å². The number of hydrogen-bond acceptors (Lipinski definition) is 6. The van der Waals surface area contributed by atoms with Gasteiger partial charge >= 0.3 is 5.97 Å². The summed E-state index contributed by atoms with van der Waals surface area (Å²) < 4.78 is 25.8. The molecule has 1 unspecified atom stereocenters. The molecule has 0 bridgehead atoms. The number of carboxylic acid groups (broad SMARTS) is 1. The van der Waals surface area contributed by atoms with Gasteiger partial charge in [0.1, 0.15) is 6.04 Å². The number of hydrogen-bond donors (Lipinski definition) is 1. The Hall–Kier alpha value is -2.88. The summed E-state index contributed by atoms with van der Waals surface area (Å²) >= 11 is 5.98. The second kappa shape index (κ2) is 10.8. The number of anilines is 1. The van der Waals surface area contributed by atoms with E-state index in [2.05, 4.69) is 4.98 Å². The average molecular weight is 538 g/mol. The van der Waals surface area contributed by atoms with E-state index in [-0.39, 0.29) is 36.8 Å². The summed E-state index contributed by atoms with van der Waals surface area (Å²) in [6, 6.07) is 12.5. The Morgan fingerprint density at radius 1 is 1.09 bits per heavy atom. The predicted molar refractivity (Wildman–Crippen MR) is 137 cm³/mol. The Morgan fingerprint density at radius 2 is 1.80 bits per heavy atom. The van der Waals surface area contributed by atoms with E-state index in [1.807, 2.05) is 17.9 Å². The fraction of sp³-hybridized carbons (Fsp3) is 0.292. The van der Waals surface area contributed by atoms with Gasteiger partial charge in [0.2, 0.25) is 5.91 Å². The Balaban J connectivity index is 0.00000342. The fourth-order valence-electron chi connectivity index (χ4n) is 4.13. The third-order valence-corrected chi connectivity index (χ3v) is 7.90. The highest BCUT2D eigenvalue weighted by atomic mass is 35.5. The van der Waals surface area contributed by atoms with Crippen LogP contribution in [0.25, 0.3) is 10.8 Å². The van der Waals surface area contributed by atoms with Crippen LogP contribution in [0.2, 0.25) is 5.02 Å². The number of aryl methyl sites for hydroxylation is 1. The fourth-order valence-corrected chi connectivity index (χ4v) is 5.57. The van der Waals surface area contributed by atoms with E-state index in [1.54, 1.807) is 42.6 Å². The first-order valence-corrected chi connectivity index (χ1v) is 12.8. The second-order valence-corrected chi connectivity index (χ2v) is 10.8. The minimum absolute atomic E-state index is 0. The molecule has 1 aliphatic rings. The molecule has 35 heavy (non-hydrogen) atoms. The van der Waals surface area contributed by atoms with Crippen LogP contribution in [-0.2, 0) is 19.4 Å². The van der Waals surface area contributed by atoms with Crippen molar-refractivity contribution in [3.05, 3.63) is 65.4 Å². The maximum absolute atomic E-state index is 12.9. The van der Waals surface area contributed by atoms with Gasteiger partial charge < -0.3 is 14.9 Å². The van der Waals surface area contributed by atoms with E-state index in [9.17, 15) is 23.1 Å². The molecule has 1 saturated heterocycles. The number of carbonyl (C=O) groups is 2. The van der Waals surface area contributed by atoms with Crippen LogP contribution in [-0.4, -0.2) is 66.7 Å². The summed E-state index contributed by atoms with van der Waals surface area (Å²) in [5.74, 6) is -2.02. The van der Waals surface area contributed by atoms with Crippen molar-refractivity contribution in [2.45, 2.75) is 24.3 Å². The molecule has 0 saturated carbocycles. The highest BCUT2D eigenvalue weighted by Gasteiger charge is 2.35. The molecular weight excluding hydrogens is 513 g/mol. The van der Waals surface area contributed by atoms with E-state index >= 15 is 0 Å². The van der Waals surface area contributed by atoms with Crippen LogP contribution < -0.4 is 4.90 Å². The lowest BCUT2D eigenvalue weighted by molar-refractivity contribution is -0.150. The summed E-state index contributed by atoms with van der Waals surface area (Å²) in [5, 5.41) is 11.8. The maximum atomic E-state index is 12.9. The monoisotopic (exact) mass is 537 g/mol. The summed E-state index contributed by atoms with van der Waals surface area (Å²) in [4.78, 5) is 32.3. The number of halogens is 2. The van der Waals surface area contributed by atoms with Gasteiger partial charge in [-0.3, -0.25) is 9.78 Å². The molecule has 0 spiro atoms. The van der Waals surface area contributed by atoms with Crippen molar-refractivity contribution in [2.75, 3.05) is 30.3 Å².